The molecule has 6 heteroatoms. The van der Waals surface area contributed by atoms with Crippen LogP contribution < -0.4 is 5.32 Å². The Kier molecular flexibility index (Phi) is 5.06. The van der Waals surface area contributed by atoms with Gasteiger partial charge in [-0.05, 0) is 31.5 Å². The maximum absolute atomic E-state index is 11.4. The molecule has 0 saturated carbocycles. The Morgan fingerprint density at radius 2 is 2.20 bits per heavy atom. The van der Waals surface area contributed by atoms with Crippen LogP contribution in [0.15, 0.2) is 29.9 Å². The first-order valence-electron chi connectivity index (χ1n) is 6.45. The van der Waals surface area contributed by atoms with Gasteiger partial charge in [0.2, 0.25) is 0 Å². The highest BCUT2D eigenvalue weighted by molar-refractivity contribution is 7.13. The van der Waals surface area contributed by atoms with E-state index in [4.69, 9.17) is 4.74 Å². The molecular formula is C14H17N3O2S. The maximum atomic E-state index is 11.4. The molecule has 0 bridgehead atoms. The first-order valence-corrected chi connectivity index (χ1v) is 7.33. The fourth-order valence-corrected chi connectivity index (χ4v) is 2.53. The molecule has 0 fully saturated rings. The minimum Gasteiger partial charge on any atom is -0.466 e. The van der Waals surface area contributed by atoms with Gasteiger partial charge in [-0.3, -0.25) is 9.78 Å². The molecule has 0 aromatic carbocycles. The van der Waals surface area contributed by atoms with Gasteiger partial charge in [-0.1, -0.05) is 0 Å². The quantitative estimate of drug-likeness (QED) is 0.829. The summed E-state index contributed by atoms with van der Waals surface area (Å²) in [4.78, 5) is 19.8. The van der Waals surface area contributed by atoms with Crippen molar-refractivity contribution < 1.29 is 9.53 Å². The molecule has 0 spiro atoms. The number of nitrogens with zero attached hydrogens (tertiary/aromatic N) is 2. The molecule has 0 amide bonds. The van der Waals surface area contributed by atoms with E-state index in [-0.39, 0.29) is 18.4 Å². The highest BCUT2D eigenvalue weighted by atomic mass is 32.1. The van der Waals surface area contributed by atoms with Crippen LogP contribution in [0.5, 0.6) is 0 Å². The number of hydrogen-bond donors (Lipinski definition) is 1. The lowest BCUT2D eigenvalue weighted by molar-refractivity contribution is -0.142. The summed E-state index contributed by atoms with van der Waals surface area (Å²) in [6.45, 7) is 4.25. The monoisotopic (exact) mass is 291 g/mol. The van der Waals surface area contributed by atoms with Crippen molar-refractivity contribution in [2.24, 2.45) is 0 Å². The molecule has 0 aliphatic heterocycles. The number of nitrogens with one attached hydrogen (secondary N) is 1. The fourth-order valence-electron chi connectivity index (χ4n) is 1.74. The number of aromatic nitrogens is 2. The van der Waals surface area contributed by atoms with Crippen molar-refractivity contribution in [3.05, 3.63) is 41.2 Å². The molecule has 106 valence electrons. The van der Waals surface area contributed by atoms with Crippen molar-refractivity contribution in [3.63, 3.8) is 0 Å². The lowest BCUT2D eigenvalue weighted by Gasteiger charge is -2.12. The first-order chi connectivity index (χ1) is 9.69. The van der Waals surface area contributed by atoms with E-state index in [9.17, 15) is 4.79 Å². The number of anilines is 1. The highest BCUT2D eigenvalue weighted by Crippen LogP contribution is 2.22. The topological polar surface area (TPSA) is 64.1 Å². The van der Waals surface area contributed by atoms with Crippen LogP contribution in [0.4, 0.5) is 5.13 Å². The second-order valence-electron chi connectivity index (χ2n) is 4.27. The fraction of sp³-hybridized carbons (Fsp3) is 0.357. The average Bonchev–Trinajstić information content (AvgIpc) is 2.87. The zero-order valence-electron chi connectivity index (χ0n) is 11.5. The molecule has 1 atom stereocenters. The second kappa shape index (κ2) is 7.00. The molecule has 0 radical (unpaired) electrons. The molecule has 1 N–H and O–H groups in total. The van der Waals surface area contributed by atoms with Gasteiger partial charge in [0.15, 0.2) is 5.13 Å². The Bertz CT molecular complexity index is 557. The van der Waals surface area contributed by atoms with Gasteiger partial charge in [-0.2, -0.15) is 0 Å². The summed E-state index contributed by atoms with van der Waals surface area (Å²) in [6.07, 6.45) is 3.75. The van der Waals surface area contributed by atoms with Crippen LogP contribution in [0, 0.1) is 0 Å². The Labute approximate surface area is 122 Å². The van der Waals surface area contributed by atoms with Crippen LogP contribution in [0.1, 0.15) is 31.1 Å². The summed E-state index contributed by atoms with van der Waals surface area (Å²) in [7, 11) is 0. The van der Waals surface area contributed by atoms with Crippen LogP contribution >= 0.6 is 11.3 Å². The molecule has 1 unspecified atom stereocenters. The number of pyridine rings is 1. The Balaban J connectivity index is 1.94. The number of rotatable bonds is 6. The van der Waals surface area contributed by atoms with Gasteiger partial charge in [0, 0.05) is 17.8 Å². The van der Waals surface area contributed by atoms with E-state index in [0.717, 1.165) is 16.4 Å². The molecule has 0 saturated heterocycles. The number of thiazole rings is 1. The molecule has 0 aliphatic carbocycles. The van der Waals surface area contributed by atoms with Crippen LogP contribution in [0.3, 0.4) is 0 Å². The standard InChI is InChI=1S/C14H17N3O2S/c1-3-19-13(18)8-12-9-20-14(17-12)16-10(2)11-4-6-15-7-5-11/h4-7,9-10H,3,8H2,1-2H3,(H,16,17). The summed E-state index contributed by atoms with van der Waals surface area (Å²) in [5.41, 5.74) is 1.88. The van der Waals surface area contributed by atoms with E-state index in [1.807, 2.05) is 17.5 Å². The molecule has 2 aromatic rings. The van der Waals surface area contributed by atoms with E-state index in [2.05, 4.69) is 22.2 Å². The van der Waals surface area contributed by atoms with Gasteiger partial charge >= 0.3 is 5.97 Å². The third-order valence-electron chi connectivity index (χ3n) is 2.73. The minimum absolute atomic E-state index is 0.139. The Morgan fingerprint density at radius 3 is 2.90 bits per heavy atom. The highest BCUT2D eigenvalue weighted by Gasteiger charge is 2.10. The van der Waals surface area contributed by atoms with Crippen molar-refractivity contribution in [2.45, 2.75) is 26.3 Å². The van der Waals surface area contributed by atoms with Crippen molar-refractivity contribution >= 4 is 22.4 Å². The number of hydrogen-bond acceptors (Lipinski definition) is 6. The normalized spacial score (nSPS) is 11.9. The predicted molar refractivity (Wildman–Crippen MR) is 78.7 cm³/mol. The van der Waals surface area contributed by atoms with E-state index < -0.39 is 0 Å². The molecule has 2 aromatic heterocycles. The minimum atomic E-state index is -0.244. The summed E-state index contributed by atoms with van der Waals surface area (Å²) in [6, 6.07) is 4.06. The lowest BCUT2D eigenvalue weighted by Crippen LogP contribution is -2.09. The van der Waals surface area contributed by atoms with Gasteiger partial charge in [0.05, 0.1) is 24.8 Å². The summed E-state index contributed by atoms with van der Waals surface area (Å²) in [5.74, 6) is -0.244. The predicted octanol–water partition coefficient (Wildman–Crippen LogP) is 2.82. The molecule has 2 rings (SSSR count). The van der Waals surface area contributed by atoms with Crippen LogP contribution in [0.2, 0.25) is 0 Å². The van der Waals surface area contributed by atoms with Gasteiger partial charge < -0.3 is 10.1 Å². The lowest BCUT2D eigenvalue weighted by atomic mass is 10.1. The number of ether oxygens (including phenoxy) is 1. The van der Waals surface area contributed by atoms with E-state index in [0.29, 0.717) is 6.61 Å². The van der Waals surface area contributed by atoms with Gasteiger partial charge in [-0.15, -0.1) is 11.3 Å². The number of carbonyl (C=O) groups is 1. The Hall–Kier alpha value is -1.95. The molecule has 0 aliphatic rings. The van der Waals surface area contributed by atoms with E-state index in [1.54, 1.807) is 19.3 Å². The van der Waals surface area contributed by atoms with Gasteiger partial charge in [0.1, 0.15) is 0 Å². The molecular weight excluding hydrogens is 274 g/mol. The van der Waals surface area contributed by atoms with E-state index >= 15 is 0 Å². The van der Waals surface area contributed by atoms with Crippen LogP contribution in [-0.2, 0) is 16.0 Å². The largest absolute Gasteiger partial charge is 0.466 e. The maximum Gasteiger partial charge on any atom is 0.311 e. The summed E-state index contributed by atoms with van der Waals surface area (Å²) < 4.78 is 4.90. The summed E-state index contributed by atoms with van der Waals surface area (Å²) in [5, 5.41) is 5.98. The van der Waals surface area contributed by atoms with Gasteiger partial charge in [0.25, 0.3) is 0 Å². The third-order valence-corrected chi connectivity index (χ3v) is 3.55. The SMILES string of the molecule is CCOC(=O)Cc1csc(NC(C)c2ccncc2)n1. The van der Waals surface area contributed by atoms with Crippen LogP contribution in [0.25, 0.3) is 0 Å². The third kappa shape index (κ3) is 4.03. The number of carbonyl (C=O) groups excluding carboxylic acids is 1. The van der Waals surface area contributed by atoms with Gasteiger partial charge in [-0.25, -0.2) is 4.98 Å². The Morgan fingerprint density at radius 1 is 1.45 bits per heavy atom. The van der Waals surface area contributed by atoms with Crippen molar-refractivity contribution in [1.82, 2.24) is 9.97 Å². The summed E-state index contributed by atoms with van der Waals surface area (Å²) >= 11 is 1.49. The van der Waals surface area contributed by atoms with Crippen LogP contribution in [-0.4, -0.2) is 22.5 Å². The van der Waals surface area contributed by atoms with Crippen molar-refractivity contribution in [2.75, 3.05) is 11.9 Å². The zero-order chi connectivity index (χ0) is 14.4. The smallest absolute Gasteiger partial charge is 0.311 e. The second-order valence-corrected chi connectivity index (χ2v) is 5.13. The van der Waals surface area contributed by atoms with Crippen molar-refractivity contribution in [1.29, 1.82) is 0 Å². The van der Waals surface area contributed by atoms with Crippen molar-refractivity contribution in [3.8, 4) is 0 Å². The first kappa shape index (κ1) is 14.5. The molecule has 20 heavy (non-hydrogen) atoms. The molecule has 5 nitrogen and oxygen atoms in total. The zero-order valence-corrected chi connectivity index (χ0v) is 12.3. The van der Waals surface area contributed by atoms with E-state index in [1.165, 1.54) is 11.3 Å². The molecule has 2 heterocycles. The number of esters is 1. The average molecular weight is 291 g/mol.